The van der Waals surface area contributed by atoms with Gasteiger partial charge >= 0.3 is 59.1 Å². The monoisotopic (exact) mass is 737 g/mol. The van der Waals surface area contributed by atoms with Crippen molar-refractivity contribution in [2.45, 2.75) is 74.9 Å². The van der Waals surface area contributed by atoms with Crippen molar-refractivity contribution in [1.29, 1.82) is 0 Å². The topological polar surface area (TPSA) is 247 Å². The summed E-state index contributed by atoms with van der Waals surface area (Å²) in [4.78, 5) is 60.5. The Morgan fingerprint density at radius 2 is 1.54 bits per heavy atom. The fourth-order valence-corrected chi connectivity index (χ4v) is 5.34. The van der Waals surface area contributed by atoms with Gasteiger partial charge in [-0.2, -0.15) is 0 Å². The summed E-state index contributed by atoms with van der Waals surface area (Å²) in [5, 5.41) is 63.7. The molecule has 0 spiro atoms. The second-order valence-electron chi connectivity index (χ2n) is 11.2. The van der Waals surface area contributed by atoms with E-state index in [9.17, 15) is 49.5 Å². The number of carbonyl (C=O) groups excluding carboxylic acids is 5. The summed E-state index contributed by atoms with van der Waals surface area (Å²) < 4.78 is 11.1. The predicted molar refractivity (Wildman–Crippen MR) is 165 cm³/mol. The number of carbonyl (C=O) groups is 5. The summed E-state index contributed by atoms with van der Waals surface area (Å²) in [6, 6.07) is 12.7. The van der Waals surface area contributed by atoms with Gasteiger partial charge in [-0.1, -0.05) is 48.9 Å². The van der Waals surface area contributed by atoms with E-state index in [1.54, 1.807) is 24.3 Å². The standard InChI is InChI=1S/C32H40ClN3O12.2Na/c1-18(37)35-25-26(36-23(39)16-33)29(43)32(31(45)46,47-15-7-3-6-10-24(40)41)48-28(25)27(42)22(38)17-34-30(44)21-13-11-20(12-14-21)19-8-4-2-5-9-19;;/h2,4-5,8-9,11-14,22,25-29,38,42-43H,3,6-7,10,15-17H2,1H3,(H,34,44)(H,35,37)(H,36,39)(H,40,41)(H,45,46);;/q;2*+1/p-2/t22-,25-,26-,27-,28-,29+,32-;;/m1../s1. The quantitative estimate of drug-likeness (QED) is 0.0504. The van der Waals surface area contributed by atoms with Gasteiger partial charge in [0.1, 0.15) is 30.2 Å². The molecule has 7 atom stereocenters. The van der Waals surface area contributed by atoms with Gasteiger partial charge in [-0.05, 0) is 42.5 Å². The summed E-state index contributed by atoms with van der Waals surface area (Å²) in [6.45, 7) is 0.0786. The van der Waals surface area contributed by atoms with Crippen LogP contribution in [0.5, 0.6) is 0 Å². The molecular formula is C32H38ClN3Na2O12. The molecule has 50 heavy (non-hydrogen) atoms. The number of aliphatic hydroxyl groups excluding tert-OH is 3. The largest absolute Gasteiger partial charge is 1.00 e. The number of carboxylic acid groups (broad SMARTS) is 2. The third-order valence-corrected chi connectivity index (χ3v) is 7.93. The number of halogens is 1. The second-order valence-corrected chi connectivity index (χ2v) is 11.4. The summed E-state index contributed by atoms with van der Waals surface area (Å²) >= 11 is 5.62. The number of nitrogens with one attached hydrogen (secondary N) is 3. The zero-order valence-corrected chi connectivity index (χ0v) is 32.8. The summed E-state index contributed by atoms with van der Waals surface area (Å²) in [5.41, 5.74) is 2.02. The van der Waals surface area contributed by atoms with Crippen LogP contribution in [0.1, 0.15) is 43.0 Å². The zero-order valence-electron chi connectivity index (χ0n) is 28.0. The molecule has 1 aliphatic heterocycles. The Morgan fingerprint density at radius 1 is 0.920 bits per heavy atom. The van der Waals surface area contributed by atoms with Gasteiger partial charge in [-0.15, -0.1) is 11.6 Å². The maximum atomic E-state index is 12.9. The molecule has 0 radical (unpaired) electrons. The molecule has 0 unspecified atom stereocenters. The number of ether oxygens (including phenoxy) is 2. The minimum absolute atomic E-state index is 0. The maximum Gasteiger partial charge on any atom is 1.00 e. The van der Waals surface area contributed by atoms with E-state index in [1.165, 1.54) is 0 Å². The molecule has 262 valence electrons. The smallest absolute Gasteiger partial charge is 0.550 e. The van der Waals surface area contributed by atoms with Crippen LogP contribution < -0.4 is 85.3 Å². The first-order valence-electron chi connectivity index (χ1n) is 15.1. The zero-order chi connectivity index (χ0) is 35.4. The van der Waals surface area contributed by atoms with Crippen molar-refractivity contribution in [3.8, 4) is 11.1 Å². The molecule has 3 amide bonds. The van der Waals surface area contributed by atoms with Crippen molar-refractivity contribution in [2.75, 3.05) is 19.0 Å². The van der Waals surface area contributed by atoms with Crippen molar-refractivity contribution < 1.29 is 118 Å². The van der Waals surface area contributed by atoms with Gasteiger partial charge in [0.05, 0.1) is 24.8 Å². The number of aliphatic hydroxyl groups is 3. The third-order valence-electron chi connectivity index (χ3n) is 7.68. The summed E-state index contributed by atoms with van der Waals surface area (Å²) in [5.74, 6) is -9.33. The third kappa shape index (κ3) is 12.5. The van der Waals surface area contributed by atoms with Gasteiger partial charge < -0.3 is 60.5 Å². The minimum Gasteiger partial charge on any atom is -0.550 e. The van der Waals surface area contributed by atoms with Crippen molar-refractivity contribution in [2.24, 2.45) is 0 Å². The van der Waals surface area contributed by atoms with E-state index in [0.29, 0.717) is 0 Å². The number of rotatable bonds is 17. The molecule has 1 aliphatic rings. The van der Waals surface area contributed by atoms with E-state index < -0.39 is 91.0 Å². The van der Waals surface area contributed by atoms with Gasteiger partial charge in [-0.3, -0.25) is 14.4 Å². The number of carboxylic acids is 2. The summed E-state index contributed by atoms with van der Waals surface area (Å²) in [7, 11) is 0. The molecule has 15 nitrogen and oxygen atoms in total. The molecule has 0 aromatic heterocycles. The van der Waals surface area contributed by atoms with Crippen LogP contribution >= 0.6 is 11.6 Å². The van der Waals surface area contributed by atoms with E-state index in [2.05, 4.69) is 16.0 Å². The van der Waals surface area contributed by atoms with E-state index in [4.69, 9.17) is 21.1 Å². The van der Waals surface area contributed by atoms with Crippen LogP contribution in [0.4, 0.5) is 0 Å². The molecule has 1 saturated heterocycles. The van der Waals surface area contributed by atoms with Gasteiger partial charge in [0.15, 0.2) is 0 Å². The van der Waals surface area contributed by atoms with Gasteiger partial charge in [0.2, 0.25) is 17.6 Å². The van der Waals surface area contributed by atoms with E-state index in [0.717, 1.165) is 18.1 Å². The molecule has 1 fully saturated rings. The number of amides is 3. The molecule has 0 aliphatic carbocycles. The molecule has 6 N–H and O–H groups in total. The second kappa shape index (κ2) is 22.1. The maximum absolute atomic E-state index is 12.9. The van der Waals surface area contributed by atoms with Crippen LogP contribution in [0.15, 0.2) is 54.6 Å². The van der Waals surface area contributed by atoms with Crippen LogP contribution in [-0.4, -0.2) is 106 Å². The SMILES string of the molecule is CC(=O)N[C@@H]1[C@@H](NC(=O)CCl)[C@H](O)[C@](OCCCCCC(=O)[O-])(C(=O)[O-])O[C@H]1[C@H](O)[C@H](O)CNC(=O)c1ccc(-c2ccccc2)cc1.[Na+].[Na+]. The average Bonchev–Trinajstić information content (AvgIpc) is 3.07. The van der Waals surface area contributed by atoms with Crippen LogP contribution in [-0.2, 0) is 28.7 Å². The Labute approximate surface area is 338 Å². The molecule has 3 rings (SSSR count). The molecule has 2 aromatic rings. The number of benzene rings is 2. The van der Waals surface area contributed by atoms with Crippen LogP contribution in [0, 0.1) is 0 Å². The van der Waals surface area contributed by atoms with Gasteiger partial charge in [0.25, 0.3) is 5.91 Å². The van der Waals surface area contributed by atoms with Crippen LogP contribution in [0.25, 0.3) is 11.1 Å². The molecule has 0 saturated carbocycles. The van der Waals surface area contributed by atoms with Crippen molar-refractivity contribution >= 4 is 41.3 Å². The van der Waals surface area contributed by atoms with Crippen LogP contribution in [0.2, 0.25) is 0 Å². The number of hydrogen-bond acceptors (Lipinski definition) is 12. The number of alkyl halides is 1. The first-order valence-corrected chi connectivity index (χ1v) is 15.7. The number of unbranched alkanes of at least 4 members (excludes halogenated alkanes) is 2. The molecule has 0 bridgehead atoms. The Morgan fingerprint density at radius 3 is 2.10 bits per heavy atom. The number of aliphatic carboxylic acids is 2. The van der Waals surface area contributed by atoms with Crippen molar-refractivity contribution in [3.05, 3.63) is 60.2 Å². The first kappa shape index (κ1) is 45.9. The van der Waals surface area contributed by atoms with Gasteiger partial charge in [0, 0.05) is 25.0 Å². The summed E-state index contributed by atoms with van der Waals surface area (Å²) in [6.07, 6.45) is -7.76. The fraction of sp³-hybridized carbons (Fsp3) is 0.469. The van der Waals surface area contributed by atoms with Crippen molar-refractivity contribution in [1.82, 2.24) is 16.0 Å². The van der Waals surface area contributed by atoms with Crippen molar-refractivity contribution in [3.63, 3.8) is 0 Å². The molecular weight excluding hydrogens is 700 g/mol. The predicted octanol–water partition coefficient (Wildman–Crippen LogP) is -8.43. The van der Waals surface area contributed by atoms with E-state index in [1.807, 2.05) is 30.3 Å². The average molecular weight is 738 g/mol. The number of hydrogen-bond donors (Lipinski definition) is 6. The Hall–Kier alpha value is -2.12. The normalized spacial score (nSPS) is 22.4. The van der Waals surface area contributed by atoms with E-state index >= 15 is 0 Å². The minimum atomic E-state index is -3.05. The molecule has 2 aromatic carbocycles. The molecule has 18 heteroatoms. The van der Waals surface area contributed by atoms with Crippen LogP contribution in [0.3, 0.4) is 0 Å². The first-order chi connectivity index (χ1) is 22.8. The van der Waals surface area contributed by atoms with E-state index in [-0.39, 0.29) is 90.4 Å². The fourth-order valence-electron chi connectivity index (χ4n) is 5.27. The Kier molecular flexibility index (Phi) is 20.3. The Balaban J connectivity index is 0.00000625. The molecule has 1 heterocycles. The van der Waals surface area contributed by atoms with Gasteiger partial charge in [-0.25, -0.2) is 0 Å². The Bertz CT molecular complexity index is 1420.